The SMILES string of the molecule is CCCCN(CCO)c1c(F)cc(N)c2cccnc12. The number of anilines is 2. The summed E-state index contributed by atoms with van der Waals surface area (Å²) in [6.07, 6.45) is 3.56. The number of unbranched alkanes of at least 4 members (excludes halogenated alkanes) is 1. The lowest BCUT2D eigenvalue weighted by atomic mass is 10.1. The van der Waals surface area contributed by atoms with E-state index in [2.05, 4.69) is 11.9 Å². The largest absolute Gasteiger partial charge is 0.398 e. The molecule has 0 aliphatic carbocycles. The summed E-state index contributed by atoms with van der Waals surface area (Å²) in [7, 11) is 0. The molecule has 2 aromatic rings. The van der Waals surface area contributed by atoms with E-state index >= 15 is 0 Å². The molecule has 0 radical (unpaired) electrons. The number of aliphatic hydroxyl groups is 1. The summed E-state index contributed by atoms with van der Waals surface area (Å²) >= 11 is 0. The van der Waals surface area contributed by atoms with E-state index in [1.807, 2.05) is 11.0 Å². The quantitative estimate of drug-likeness (QED) is 0.797. The molecule has 1 aromatic carbocycles. The summed E-state index contributed by atoms with van der Waals surface area (Å²) < 4.78 is 14.3. The van der Waals surface area contributed by atoms with Crippen LogP contribution >= 0.6 is 0 Å². The second kappa shape index (κ2) is 6.52. The van der Waals surface area contributed by atoms with Crippen molar-refractivity contribution in [3.05, 3.63) is 30.2 Å². The van der Waals surface area contributed by atoms with Gasteiger partial charge in [-0.1, -0.05) is 13.3 Å². The molecule has 0 spiro atoms. The molecule has 4 nitrogen and oxygen atoms in total. The van der Waals surface area contributed by atoms with Crippen LogP contribution in [-0.2, 0) is 0 Å². The van der Waals surface area contributed by atoms with Crippen molar-refractivity contribution in [1.82, 2.24) is 4.98 Å². The maximum atomic E-state index is 14.3. The molecule has 0 aliphatic rings. The summed E-state index contributed by atoms with van der Waals surface area (Å²) in [6, 6.07) is 4.94. The second-order valence-corrected chi connectivity index (χ2v) is 4.76. The monoisotopic (exact) mass is 277 g/mol. The zero-order valence-corrected chi connectivity index (χ0v) is 11.6. The van der Waals surface area contributed by atoms with Gasteiger partial charge in [-0.05, 0) is 24.6 Å². The fourth-order valence-corrected chi connectivity index (χ4v) is 2.33. The van der Waals surface area contributed by atoms with Gasteiger partial charge in [0.1, 0.15) is 0 Å². The molecule has 0 fully saturated rings. The predicted octanol–water partition coefficient (Wildman–Crippen LogP) is 2.55. The summed E-state index contributed by atoms with van der Waals surface area (Å²) in [4.78, 5) is 6.11. The molecular formula is C15H20FN3O. The van der Waals surface area contributed by atoms with Gasteiger partial charge >= 0.3 is 0 Å². The van der Waals surface area contributed by atoms with E-state index in [0.717, 1.165) is 18.2 Å². The van der Waals surface area contributed by atoms with Gasteiger partial charge < -0.3 is 15.7 Å². The Bertz CT molecular complexity index is 589. The first-order chi connectivity index (χ1) is 9.69. The second-order valence-electron chi connectivity index (χ2n) is 4.76. The number of halogens is 1. The van der Waals surface area contributed by atoms with Crippen LogP contribution in [0.5, 0.6) is 0 Å². The number of benzene rings is 1. The van der Waals surface area contributed by atoms with E-state index < -0.39 is 5.82 Å². The van der Waals surface area contributed by atoms with Crippen LogP contribution in [0.15, 0.2) is 24.4 Å². The van der Waals surface area contributed by atoms with Crippen LogP contribution < -0.4 is 10.6 Å². The Balaban J connectivity index is 2.55. The van der Waals surface area contributed by atoms with Crippen molar-refractivity contribution >= 4 is 22.3 Å². The van der Waals surface area contributed by atoms with Crippen LogP contribution in [0, 0.1) is 5.82 Å². The molecule has 0 aliphatic heterocycles. The highest BCUT2D eigenvalue weighted by atomic mass is 19.1. The van der Waals surface area contributed by atoms with Crippen LogP contribution in [-0.4, -0.2) is 29.8 Å². The number of hydrogen-bond acceptors (Lipinski definition) is 4. The smallest absolute Gasteiger partial charge is 0.150 e. The van der Waals surface area contributed by atoms with E-state index in [-0.39, 0.29) is 6.61 Å². The van der Waals surface area contributed by atoms with Crippen LogP contribution in [0.1, 0.15) is 19.8 Å². The van der Waals surface area contributed by atoms with E-state index in [9.17, 15) is 9.50 Å². The highest BCUT2D eigenvalue weighted by molar-refractivity contribution is 5.98. The van der Waals surface area contributed by atoms with Crippen LogP contribution in [0.2, 0.25) is 0 Å². The molecule has 2 rings (SSSR count). The number of rotatable bonds is 6. The number of nitrogen functional groups attached to an aromatic ring is 1. The summed E-state index contributed by atoms with van der Waals surface area (Å²) in [6.45, 7) is 3.12. The highest BCUT2D eigenvalue weighted by Crippen LogP contribution is 2.32. The fourth-order valence-electron chi connectivity index (χ4n) is 2.33. The molecule has 0 saturated heterocycles. The third kappa shape index (κ3) is 2.82. The number of nitrogens with two attached hydrogens (primary N) is 1. The number of fused-ring (bicyclic) bond motifs is 1. The molecule has 0 saturated carbocycles. The molecule has 0 amide bonds. The zero-order chi connectivity index (χ0) is 14.5. The van der Waals surface area contributed by atoms with Crippen LogP contribution in [0.25, 0.3) is 10.9 Å². The van der Waals surface area contributed by atoms with E-state index in [1.165, 1.54) is 6.07 Å². The van der Waals surface area contributed by atoms with Crippen LogP contribution in [0.4, 0.5) is 15.8 Å². The number of aromatic nitrogens is 1. The van der Waals surface area contributed by atoms with E-state index in [4.69, 9.17) is 5.73 Å². The first-order valence-corrected chi connectivity index (χ1v) is 6.87. The predicted molar refractivity (Wildman–Crippen MR) is 80.3 cm³/mol. The number of pyridine rings is 1. The maximum Gasteiger partial charge on any atom is 0.150 e. The summed E-state index contributed by atoms with van der Waals surface area (Å²) in [5, 5.41) is 9.94. The van der Waals surface area contributed by atoms with E-state index in [0.29, 0.717) is 30.0 Å². The van der Waals surface area contributed by atoms with Crippen molar-refractivity contribution in [2.45, 2.75) is 19.8 Å². The van der Waals surface area contributed by atoms with Gasteiger partial charge in [-0.25, -0.2) is 4.39 Å². The molecular weight excluding hydrogens is 257 g/mol. The van der Waals surface area contributed by atoms with Gasteiger partial charge in [-0.15, -0.1) is 0 Å². The van der Waals surface area contributed by atoms with Gasteiger partial charge in [-0.2, -0.15) is 0 Å². The Hall–Kier alpha value is -1.88. The Morgan fingerprint density at radius 1 is 1.40 bits per heavy atom. The average Bonchev–Trinajstić information content (AvgIpc) is 2.44. The Kier molecular flexibility index (Phi) is 4.74. The number of aliphatic hydroxyl groups excluding tert-OH is 1. The van der Waals surface area contributed by atoms with Crippen molar-refractivity contribution in [2.24, 2.45) is 0 Å². The van der Waals surface area contributed by atoms with Crippen molar-refractivity contribution in [1.29, 1.82) is 0 Å². The zero-order valence-electron chi connectivity index (χ0n) is 11.6. The molecule has 108 valence electrons. The molecule has 3 N–H and O–H groups in total. The Morgan fingerprint density at radius 2 is 2.20 bits per heavy atom. The molecule has 5 heteroatoms. The summed E-state index contributed by atoms with van der Waals surface area (Å²) in [5.74, 6) is -0.391. The third-order valence-electron chi connectivity index (χ3n) is 3.32. The fraction of sp³-hybridized carbons (Fsp3) is 0.400. The Labute approximate surface area is 118 Å². The minimum atomic E-state index is -0.391. The van der Waals surface area contributed by atoms with Gasteiger partial charge in [-0.3, -0.25) is 4.98 Å². The van der Waals surface area contributed by atoms with E-state index in [1.54, 1.807) is 12.3 Å². The van der Waals surface area contributed by atoms with Crippen molar-refractivity contribution in [2.75, 3.05) is 30.3 Å². The molecule has 1 aromatic heterocycles. The van der Waals surface area contributed by atoms with Gasteiger partial charge in [0.15, 0.2) is 5.82 Å². The Morgan fingerprint density at radius 3 is 2.90 bits per heavy atom. The van der Waals surface area contributed by atoms with Crippen molar-refractivity contribution in [3.63, 3.8) is 0 Å². The van der Waals surface area contributed by atoms with Gasteiger partial charge in [0, 0.05) is 30.4 Å². The van der Waals surface area contributed by atoms with Gasteiger partial charge in [0.2, 0.25) is 0 Å². The van der Waals surface area contributed by atoms with Gasteiger partial charge in [0.25, 0.3) is 0 Å². The highest BCUT2D eigenvalue weighted by Gasteiger charge is 2.17. The number of nitrogens with zero attached hydrogens (tertiary/aromatic N) is 2. The minimum Gasteiger partial charge on any atom is -0.398 e. The molecule has 1 heterocycles. The average molecular weight is 277 g/mol. The first kappa shape index (κ1) is 14.5. The number of hydrogen-bond donors (Lipinski definition) is 2. The molecule has 0 bridgehead atoms. The first-order valence-electron chi connectivity index (χ1n) is 6.87. The normalized spacial score (nSPS) is 10.9. The lowest BCUT2D eigenvalue weighted by Crippen LogP contribution is -2.29. The standard InChI is InChI=1S/C15H20FN3O/c1-2-3-7-19(8-9-20)15-12(16)10-13(17)11-5-4-6-18-14(11)15/h4-6,10,20H,2-3,7-9,17H2,1H3. The minimum absolute atomic E-state index is 0.0259. The lowest BCUT2D eigenvalue weighted by molar-refractivity contribution is 0.301. The molecule has 0 unspecified atom stereocenters. The topological polar surface area (TPSA) is 62.4 Å². The molecule has 20 heavy (non-hydrogen) atoms. The van der Waals surface area contributed by atoms with Crippen molar-refractivity contribution < 1.29 is 9.50 Å². The van der Waals surface area contributed by atoms with Crippen LogP contribution in [0.3, 0.4) is 0 Å². The molecule has 0 atom stereocenters. The van der Waals surface area contributed by atoms with Crippen molar-refractivity contribution in [3.8, 4) is 0 Å². The van der Waals surface area contributed by atoms with Gasteiger partial charge in [0.05, 0.1) is 17.8 Å². The third-order valence-corrected chi connectivity index (χ3v) is 3.32. The maximum absolute atomic E-state index is 14.3. The summed E-state index contributed by atoms with van der Waals surface area (Å²) in [5.41, 5.74) is 7.21. The lowest BCUT2D eigenvalue weighted by Gasteiger charge is -2.25.